The molecule has 1 heterocycles. The predicted octanol–water partition coefficient (Wildman–Crippen LogP) is 8.60. The minimum absolute atomic E-state index is 0.329. The van der Waals surface area contributed by atoms with Crippen LogP contribution < -0.4 is 14.5 Å². The van der Waals surface area contributed by atoms with E-state index in [-0.39, 0.29) is 0 Å². The summed E-state index contributed by atoms with van der Waals surface area (Å²) in [5.41, 5.74) is 4.37. The van der Waals surface area contributed by atoms with Crippen LogP contribution in [0.1, 0.15) is 0 Å². The quantitative estimate of drug-likeness (QED) is 0.206. The molecule has 39 heavy (non-hydrogen) atoms. The van der Waals surface area contributed by atoms with Crippen LogP contribution in [0.15, 0.2) is 152 Å². The summed E-state index contributed by atoms with van der Waals surface area (Å²) in [5.74, 6) is 1.55. The van der Waals surface area contributed by atoms with E-state index in [4.69, 9.17) is 4.74 Å². The van der Waals surface area contributed by atoms with Crippen LogP contribution in [0.2, 0.25) is 0 Å². The van der Waals surface area contributed by atoms with Gasteiger partial charge in [-0.3, -0.25) is 4.90 Å². The third-order valence-corrected chi connectivity index (χ3v) is 6.14. The Morgan fingerprint density at radius 1 is 0.410 bits per heavy atom. The zero-order valence-corrected chi connectivity index (χ0v) is 21.1. The van der Waals surface area contributed by atoms with Crippen LogP contribution in [-0.2, 0) is 0 Å². The second-order valence-electron chi connectivity index (χ2n) is 8.69. The molecule has 6 aromatic rings. The molecular weight excluding hydrogens is 482 g/mol. The Balaban J connectivity index is 1.65. The second-order valence-corrected chi connectivity index (χ2v) is 8.69. The van der Waals surface area contributed by atoms with E-state index < -0.39 is 0 Å². The van der Waals surface area contributed by atoms with Crippen molar-refractivity contribution in [2.75, 3.05) is 9.80 Å². The molecule has 6 nitrogen and oxygen atoms in total. The van der Waals surface area contributed by atoms with Crippen LogP contribution in [0, 0.1) is 0 Å². The third kappa shape index (κ3) is 5.17. The number of ether oxygens (including phenoxy) is 1. The van der Waals surface area contributed by atoms with Crippen LogP contribution in [0.25, 0.3) is 0 Å². The van der Waals surface area contributed by atoms with Gasteiger partial charge in [0.2, 0.25) is 0 Å². The fourth-order valence-corrected chi connectivity index (χ4v) is 4.42. The van der Waals surface area contributed by atoms with E-state index in [1.54, 1.807) is 0 Å². The van der Waals surface area contributed by atoms with Gasteiger partial charge in [0, 0.05) is 22.7 Å². The SMILES string of the molecule is c1ccc(Oc2nnnc(N(c3ccccc3)c3ccccc3)c2N(c2ccccc2)c2ccccc2)cc1. The summed E-state index contributed by atoms with van der Waals surface area (Å²) < 4.78 is 6.41. The number of anilines is 6. The molecule has 6 heteroatoms. The Hall–Kier alpha value is -5.49. The van der Waals surface area contributed by atoms with Crippen LogP contribution in [0.4, 0.5) is 34.3 Å². The van der Waals surface area contributed by atoms with E-state index in [2.05, 4.69) is 49.5 Å². The molecule has 0 atom stereocenters. The van der Waals surface area contributed by atoms with Crippen LogP contribution in [0.3, 0.4) is 0 Å². The molecule has 0 unspecified atom stereocenters. The van der Waals surface area contributed by atoms with Gasteiger partial charge in [0.15, 0.2) is 11.5 Å². The highest BCUT2D eigenvalue weighted by molar-refractivity contribution is 5.91. The molecule has 5 aromatic carbocycles. The molecule has 0 radical (unpaired) electrons. The van der Waals surface area contributed by atoms with Gasteiger partial charge < -0.3 is 9.64 Å². The highest BCUT2D eigenvalue weighted by Gasteiger charge is 2.29. The highest BCUT2D eigenvalue weighted by atomic mass is 16.5. The van der Waals surface area contributed by atoms with Crippen molar-refractivity contribution >= 4 is 34.3 Å². The Morgan fingerprint density at radius 2 is 0.795 bits per heavy atom. The molecule has 0 amide bonds. The summed E-state index contributed by atoms with van der Waals surface area (Å²) in [6.07, 6.45) is 0. The van der Waals surface area contributed by atoms with Gasteiger partial charge >= 0.3 is 0 Å². The molecule has 6 rings (SSSR count). The summed E-state index contributed by atoms with van der Waals surface area (Å²) >= 11 is 0. The number of aromatic nitrogens is 3. The Labute approximate surface area is 227 Å². The lowest BCUT2D eigenvalue weighted by Crippen LogP contribution is -2.20. The van der Waals surface area contributed by atoms with Crippen molar-refractivity contribution in [3.05, 3.63) is 152 Å². The summed E-state index contributed by atoms with van der Waals surface area (Å²) in [6, 6.07) is 50.1. The van der Waals surface area contributed by atoms with E-state index in [1.807, 2.05) is 127 Å². The molecule has 0 fully saturated rings. The maximum absolute atomic E-state index is 6.41. The zero-order chi connectivity index (χ0) is 26.3. The Bertz CT molecular complexity index is 1540. The van der Waals surface area contributed by atoms with Crippen molar-refractivity contribution in [3.63, 3.8) is 0 Å². The largest absolute Gasteiger partial charge is 0.436 e. The second kappa shape index (κ2) is 11.3. The smallest absolute Gasteiger partial charge is 0.269 e. The van der Waals surface area contributed by atoms with Gasteiger partial charge in [0.05, 0.1) is 0 Å². The number of rotatable bonds is 8. The molecule has 0 N–H and O–H groups in total. The zero-order valence-electron chi connectivity index (χ0n) is 21.1. The van der Waals surface area contributed by atoms with Crippen molar-refractivity contribution in [3.8, 4) is 11.6 Å². The first-order valence-electron chi connectivity index (χ1n) is 12.7. The monoisotopic (exact) mass is 507 g/mol. The molecule has 0 bridgehead atoms. The van der Waals surface area contributed by atoms with E-state index in [9.17, 15) is 0 Å². The van der Waals surface area contributed by atoms with Crippen molar-refractivity contribution in [1.29, 1.82) is 0 Å². The Morgan fingerprint density at radius 3 is 1.23 bits per heavy atom. The first kappa shape index (κ1) is 23.9. The van der Waals surface area contributed by atoms with Gasteiger partial charge in [-0.2, -0.15) is 0 Å². The Kier molecular flexibility index (Phi) is 6.90. The number of hydrogen-bond donors (Lipinski definition) is 0. The van der Waals surface area contributed by atoms with E-state index in [1.165, 1.54) is 0 Å². The van der Waals surface area contributed by atoms with Gasteiger partial charge in [-0.05, 0) is 65.9 Å². The van der Waals surface area contributed by atoms with Crippen molar-refractivity contribution in [1.82, 2.24) is 15.4 Å². The van der Waals surface area contributed by atoms with E-state index in [0.29, 0.717) is 23.1 Å². The van der Waals surface area contributed by atoms with Crippen LogP contribution in [0.5, 0.6) is 11.6 Å². The fraction of sp³-hybridized carbons (Fsp3) is 0. The minimum Gasteiger partial charge on any atom is -0.436 e. The summed E-state index contributed by atoms with van der Waals surface area (Å²) in [5, 5.41) is 13.3. The maximum atomic E-state index is 6.41. The third-order valence-electron chi connectivity index (χ3n) is 6.14. The first-order chi connectivity index (χ1) is 19.4. The van der Waals surface area contributed by atoms with Crippen molar-refractivity contribution < 1.29 is 4.74 Å². The molecule has 0 aliphatic heterocycles. The van der Waals surface area contributed by atoms with Gasteiger partial charge in [-0.25, -0.2) is 0 Å². The molecule has 0 aliphatic rings. The van der Waals surface area contributed by atoms with E-state index in [0.717, 1.165) is 22.7 Å². The highest BCUT2D eigenvalue weighted by Crippen LogP contribution is 2.48. The molecule has 0 saturated heterocycles. The molecule has 0 saturated carbocycles. The molecule has 1 aromatic heterocycles. The molecule has 0 aliphatic carbocycles. The standard InChI is InChI=1S/C33H25N5O/c1-6-16-26(17-7-1)37(27-18-8-2-9-19-27)31-32(34-36-35-33(31)39-30-24-14-5-15-25-30)38(28-20-10-3-11-21-28)29-22-12-4-13-23-29/h1-25H. The van der Waals surface area contributed by atoms with Crippen LogP contribution >= 0.6 is 0 Å². The number of nitrogens with zero attached hydrogens (tertiary/aromatic N) is 5. The number of benzene rings is 5. The van der Waals surface area contributed by atoms with Gasteiger partial charge in [0.1, 0.15) is 5.75 Å². The predicted molar refractivity (Wildman–Crippen MR) is 156 cm³/mol. The van der Waals surface area contributed by atoms with E-state index >= 15 is 0 Å². The van der Waals surface area contributed by atoms with Gasteiger partial charge in [-0.15, -0.1) is 5.10 Å². The summed E-state index contributed by atoms with van der Waals surface area (Å²) in [6.45, 7) is 0. The average Bonchev–Trinajstić information content (AvgIpc) is 3.01. The van der Waals surface area contributed by atoms with Gasteiger partial charge in [-0.1, -0.05) is 96.1 Å². The summed E-state index contributed by atoms with van der Waals surface area (Å²) in [7, 11) is 0. The van der Waals surface area contributed by atoms with Crippen molar-refractivity contribution in [2.45, 2.75) is 0 Å². The maximum Gasteiger partial charge on any atom is 0.269 e. The number of hydrogen-bond acceptors (Lipinski definition) is 6. The topological polar surface area (TPSA) is 54.4 Å². The lowest BCUT2D eigenvalue weighted by atomic mass is 10.2. The lowest BCUT2D eigenvalue weighted by Gasteiger charge is -2.32. The molecule has 0 spiro atoms. The van der Waals surface area contributed by atoms with Gasteiger partial charge in [0.25, 0.3) is 5.88 Å². The fourth-order valence-electron chi connectivity index (χ4n) is 4.42. The first-order valence-corrected chi connectivity index (χ1v) is 12.7. The normalized spacial score (nSPS) is 10.6. The minimum atomic E-state index is 0.329. The molecule has 188 valence electrons. The lowest BCUT2D eigenvalue weighted by molar-refractivity contribution is 0.452. The average molecular weight is 508 g/mol. The molecular formula is C33H25N5O. The number of para-hydroxylation sites is 5. The summed E-state index contributed by atoms with van der Waals surface area (Å²) in [4.78, 5) is 4.18. The van der Waals surface area contributed by atoms with Crippen LogP contribution in [-0.4, -0.2) is 15.4 Å². The van der Waals surface area contributed by atoms with Crippen molar-refractivity contribution in [2.24, 2.45) is 0 Å².